The molecule has 4 rings (SSSR count). The van der Waals surface area contributed by atoms with E-state index >= 15 is 0 Å². The number of nitrogens with two attached hydrogens (primary N) is 1. The fourth-order valence-electron chi connectivity index (χ4n) is 3.51. The Morgan fingerprint density at radius 1 is 1.00 bits per heavy atom. The van der Waals surface area contributed by atoms with Crippen molar-refractivity contribution in [2.24, 2.45) is 0 Å². The molecule has 0 aliphatic carbocycles. The van der Waals surface area contributed by atoms with Gasteiger partial charge in [-0.3, -0.25) is 0 Å². The van der Waals surface area contributed by atoms with E-state index in [-0.39, 0.29) is 12.2 Å². The van der Waals surface area contributed by atoms with E-state index in [9.17, 15) is 5.11 Å². The number of nitrogens with one attached hydrogen (secondary N) is 1. The minimum atomic E-state index is -0.0106. The Hall–Kier alpha value is -2.76. The molecule has 0 amide bonds. The predicted octanol–water partition coefficient (Wildman–Crippen LogP) is 4.11. The summed E-state index contributed by atoms with van der Waals surface area (Å²) in [5.41, 5.74) is 4.18. The Balaban J connectivity index is 1.74. The van der Waals surface area contributed by atoms with Gasteiger partial charge in [-0.2, -0.15) is 0 Å². The van der Waals surface area contributed by atoms with Gasteiger partial charge in [-0.05, 0) is 54.1 Å². The lowest BCUT2D eigenvalue weighted by Crippen LogP contribution is -2.89. The van der Waals surface area contributed by atoms with Crippen LogP contribution in [0.2, 0.25) is 0 Å². The number of aromatic hydroxyl groups is 1. The van der Waals surface area contributed by atoms with E-state index in [0.29, 0.717) is 5.75 Å². The average molecular weight is 438 g/mol. The molecule has 0 fully saturated rings. The topological polar surface area (TPSA) is 58.1 Å². The second-order valence-electron chi connectivity index (χ2n) is 6.76. The molecule has 0 saturated heterocycles. The Kier molecular flexibility index (Phi) is 5.37. The predicted molar refractivity (Wildman–Crippen MR) is 114 cm³/mol. The largest absolute Gasteiger partial charge is 0.507 e. The lowest BCUT2D eigenvalue weighted by atomic mass is 9.98. The Bertz CT molecular complexity index is 1000. The maximum atomic E-state index is 10.4. The summed E-state index contributed by atoms with van der Waals surface area (Å²) in [6.45, 7) is 0. The first-order valence-electron chi connectivity index (χ1n) is 9.15. The highest BCUT2D eigenvalue weighted by Gasteiger charge is 2.29. The molecule has 142 valence electrons. The fourth-order valence-corrected chi connectivity index (χ4v) is 3.91. The minimum Gasteiger partial charge on any atom is -0.507 e. The fraction of sp³-hybridized carbons (Fsp3) is 0.130. The van der Waals surface area contributed by atoms with Crippen LogP contribution in [-0.2, 0) is 0 Å². The zero-order valence-electron chi connectivity index (χ0n) is 15.5. The molecule has 4 N–H and O–H groups in total. The van der Waals surface area contributed by atoms with Gasteiger partial charge < -0.3 is 20.5 Å². The number of para-hydroxylation sites is 1. The lowest BCUT2D eigenvalue weighted by Gasteiger charge is -2.30. The van der Waals surface area contributed by atoms with Gasteiger partial charge in [0.1, 0.15) is 17.5 Å². The van der Waals surface area contributed by atoms with Crippen LogP contribution in [0.15, 0.2) is 83.3 Å². The van der Waals surface area contributed by atoms with E-state index in [4.69, 9.17) is 4.74 Å². The van der Waals surface area contributed by atoms with E-state index < -0.39 is 0 Å². The second-order valence-corrected chi connectivity index (χ2v) is 7.68. The van der Waals surface area contributed by atoms with Gasteiger partial charge in [-0.15, -0.1) is 0 Å². The molecule has 0 saturated carbocycles. The van der Waals surface area contributed by atoms with E-state index in [0.717, 1.165) is 32.6 Å². The summed E-state index contributed by atoms with van der Waals surface area (Å²) in [4.78, 5) is 0. The van der Waals surface area contributed by atoms with Crippen molar-refractivity contribution in [1.29, 1.82) is 0 Å². The van der Waals surface area contributed by atoms with Gasteiger partial charge in [-0.25, -0.2) is 0 Å². The van der Waals surface area contributed by atoms with Crippen LogP contribution in [0.3, 0.4) is 0 Å². The number of rotatable bonds is 4. The highest BCUT2D eigenvalue weighted by Crippen LogP contribution is 2.29. The van der Waals surface area contributed by atoms with E-state index in [1.165, 1.54) is 0 Å². The van der Waals surface area contributed by atoms with Gasteiger partial charge in [-0.1, -0.05) is 40.2 Å². The number of phenols is 1. The summed E-state index contributed by atoms with van der Waals surface area (Å²) in [6, 6.07) is 23.8. The number of benzene rings is 3. The van der Waals surface area contributed by atoms with Gasteiger partial charge >= 0.3 is 0 Å². The summed E-state index contributed by atoms with van der Waals surface area (Å²) in [6.07, 6.45) is 2.17. The monoisotopic (exact) mass is 437 g/mol. The third-order valence-corrected chi connectivity index (χ3v) is 5.46. The minimum absolute atomic E-state index is 0.00879. The van der Waals surface area contributed by atoms with Crippen LogP contribution in [0, 0.1) is 0 Å². The highest BCUT2D eigenvalue weighted by atomic mass is 79.9. The Morgan fingerprint density at radius 3 is 2.50 bits per heavy atom. The van der Waals surface area contributed by atoms with Crippen molar-refractivity contribution in [2.45, 2.75) is 12.2 Å². The van der Waals surface area contributed by atoms with Crippen LogP contribution in [0.4, 0.5) is 0 Å². The van der Waals surface area contributed by atoms with E-state index in [1.807, 2.05) is 42.5 Å². The summed E-state index contributed by atoms with van der Waals surface area (Å²) in [7, 11) is 1.67. The number of ether oxygens (including phenoxy) is 1. The molecule has 2 unspecified atom stereocenters. The molecule has 1 aliphatic rings. The van der Waals surface area contributed by atoms with Crippen molar-refractivity contribution in [2.75, 3.05) is 7.11 Å². The number of phenolic OH excluding ortho intramolecular Hbond substituents is 1. The van der Waals surface area contributed by atoms with Crippen molar-refractivity contribution in [3.8, 4) is 11.5 Å². The molecule has 3 aromatic carbocycles. The maximum Gasteiger partial charge on any atom is 0.186 e. The third-order valence-electron chi connectivity index (χ3n) is 4.96. The molecule has 0 radical (unpaired) electrons. The van der Waals surface area contributed by atoms with Gasteiger partial charge in [0.25, 0.3) is 0 Å². The second kappa shape index (κ2) is 8.09. The summed E-state index contributed by atoms with van der Waals surface area (Å²) >= 11 is 3.56. The van der Waals surface area contributed by atoms with Crippen LogP contribution < -0.4 is 15.4 Å². The smallest absolute Gasteiger partial charge is 0.186 e. The lowest BCUT2D eigenvalue weighted by molar-refractivity contribution is -0.731. The van der Waals surface area contributed by atoms with Gasteiger partial charge in [0.15, 0.2) is 6.17 Å². The zero-order valence-corrected chi connectivity index (χ0v) is 17.1. The Morgan fingerprint density at radius 2 is 1.79 bits per heavy atom. The van der Waals surface area contributed by atoms with Crippen molar-refractivity contribution in [3.63, 3.8) is 0 Å². The van der Waals surface area contributed by atoms with Crippen LogP contribution in [0.1, 0.15) is 28.9 Å². The molecule has 0 aromatic heterocycles. The van der Waals surface area contributed by atoms with Gasteiger partial charge in [0.05, 0.1) is 12.7 Å². The molecule has 5 heteroatoms. The molecule has 0 bridgehead atoms. The van der Waals surface area contributed by atoms with Crippen molar-refractivity contribution in [1.82, 2.24) is 5.32 Å². The maximum absolute atomic E-state index is 10.4. The first-order valence-corrected chi connectivity index (χ1v) is 9.94. The quantitative estimate of drug-likeness (QED) is 0.575. The van der Waals surface area contributed by atoms with Gasteiger partial charge in [0.2, 0.25) is 0 Å². The standard InChI is InChI=1S/C23H21BrN2O2/c1-28-18-11-9-15(10-12-18)23-25-20(16-5-4-6-17(24)13-16)14-21(26-23)19-7-2-3-8-22(19)27/h2-14,21,23,25-27H,1H3/p+1. The summed E-state index contributed by atoms with van der Waals surface area (Å²) in [5.74, 6) is 1.14. The number of methoxy groups -OCH3 is 1. The van der Waals surface area contributed by atoms with Crippen molar-refractivity contribution in [3.05, 3.63) is 100 Å². The average Bonchev–Trinajstić information content (AvgIpc) is 2.74. The summed E-state index contributed by atoms with van der Waals surface area (Å²) < 4.78 is 6.32. The van der Waals surface area contributed by atoms with Gasteiger partial charge in [0, 0.05) is 21.8 Å². The molecule has 4 nitrogen and oxygen atoms in total. The van der Waals surface area contributed by atoms with Crippen LogP contribution in [-0.4, -0.2) is 12.2 Å². The summed E-state index contributed by atoms with van der Waals surface area (Å²) in [5, 5.41) is 16.2. The molecule has 1 heterocycles. The number of hydrogen-bond donors (Lipinski definition) is 3. The molecule has 2 atom stereocenters. The first kappa shape index (κ1) is 18.6. The molecule has 1 aliphatic heterocycles. The van der Waals surface area contributed by atoms with Crippen molar-refractivity contribution < 1.29 is 15.2 Å². The zero-order chi connectivity index (χ0) is 19.5. The number of hydrogen-bond acceptors (Lipinski definition) is 3. The van der Waals surface area contributed by atoms with E-state index in [1.54, 1.807) is 13.2 Å². The molecular formula is C23H22BrN2O2+. The van der Waals surface area contributed by atoms with E-state index in [2.05, 4.69) is 56.9 Å². The first-order chi connectivity index (χ1) is 13.6. The third kappa shape index (κ3) is 3.91. The number of halogens is 1. The van der Waals surface area contributed by atoms with Crippen LogP contribution in [0.5, 0.6) is 11.5 Å². The SMILES string of the molecule is COc1ccc(C2NC(c3cccc(Br)c3)=CC(c3ccccc3O)[NH2+]2)cc1. The van der Waals surface area contributed by atoms with Crippen LogP contribution >= 0.6 is 15.9 Å². The highest BCUT2D eigenvalue weighted by molar-refractivity contribution is 9.10. The number of quaternary nitrogens is 1. The molecule has 0 spiro atoms. The molecule has 3 aromatic rings. The van der Waals surface area contributed by atoms with Crippen molar-refractivity contribution >= 4 is 21.6 Å². The van der Waals surface area contributed by atoms with Crippen LogP contribution in [0.25, 0.3) is 5.70 Å². The molecular weight excluding hydrogens is 416 g/mol. The molecule has 28 heavy (non-hydrogen) atoms. The Labute approximate surface area is 173 Å². The normalized spacial score (nSPS) is 18.9.